The molecule has 0 unspecified atom stereocenters. The van der Waals surface area contributed by atoms with E-state index in [2.05, 4.69) is 30.3 Å². The Balaban J connectivity index is 2.03. The number of benzene rings is 1. The molecule has 1 fully saturated rings. The minimum absolute atomic E-state index is 0.723. The molecule has 1 aliphatic rings. The third-order valence-electron chi connectivity index (χ3n) is 2.80. The Hall–Kier alpha value is -0.755. The predicted molar refractivity (Wildman–Crippen MR) is 55.7 cm³/mol. The minimum atomic E-state index is 0.723. The molecular weight excluding hydrogens is 157 g/mol. The van der Waals surface area contributed by atoms with Gasteiger partial charge in [-0.05, 0) is 37.4 Å². The molecule has 1 nitrogen and oxygen atoms in total. The van der Waals surface area contributed by atoms with Crippen molar-refractivity contribution in [3.63, 3.8) is 0 Å². The molecule has 2 radical (unpaired) electrons. The van der Waals surface area contributed by atoms with E-state index >= 15 is 0 Å². The van der Waals surface area contributed by atoms with Crippen molar-refractivity contribution in [2.45, 2.75) is 18.8 Å². The molecule has 66 valence electrons. The molecule has 1 saturated heterocycles. The van der Waals surface area contributed by atoms with Crippen LogP contribution in [0.15, 0.2) is 30.3 Å². The van der Waals surface area contributed by atoms with E-state index in [4.69, 9.17) is 7.98 Å². The molecule has 0 amide bonds. The van der Waals surface area contributed by atoms with Gasteiger partial charge in [0.05, 0.1) is 0 Å². The SMILES string of the molecule is [B]N1CCC(c2ccccc2)CC1. The van der Waals surface area contributed by atoms with Crippen LogP contribution < -0.4 is 0 Å². The molecule has 0 aliphatic carbocycles. The van der Waals surface area contributed by atoms with Crippen LogP contribution in [0.1, 0.15) is 24.3 Å². The van der Waals surface area contributed by atoms with E-state index in [0.29, 0.717) is 0 Å². The first kappa shape index (κ1) is 8.83. The van der Waals surface area contributed by atoms with E-state index in [-0.39, 0.29) is 0 Å². The van der Waals surface area contributed by atoms with Gasteiger partial charge >= 0.3 is 0 Å². The average molecular weight is 171 g/mol. The van der Waals surface area contributed by atoms with E-state index in [1.807, 2.05) is 4.81 Å². The summed E-state index contributed by atoms with van der Waals surface area (Å²) >= 11 is 0. The number of hydrogen-bond acceptors (Lipinski definition) is 1. The first-order valence-electron chi connectivity index (χ1n) is 4.91. The summed E-state index contributed by atoms with van der Waals surface area (Å²) in [4.78, 5) is 1.92. The second kappa shape index (κ2) is 3.97. The third-order valence-corrected chi connectivity index (χ3v) is 2.80. The van der Waals surface area contributed by atoms with Crippen LogP contribution in [0.3, 0.4) is 0 Å². The van der Waals surface area contributed by atoms with Gasteiger partial charge < -0.3 is 4.81 Å². The zero-order valence-corrected chi connectivity index (χ0v) is 7.82. The van der Waals surface area contributed by atoms with Crippen LogP contribution in [0.2, 0.25) is 0 Å². The van der Waals surface area contributed by atoms with Crippen molar-refractivity contribution in [1.29, 1.82) is 0 Å². The van der Waals surface area contributed by atoms with Crippen molar-refractivity contribution >= 4 is 7.98 Å². The Bertz CT molecular complexity index is 252. The summed E-state index contributed by atoms with van der Waals surface area (Å²) in [5.41, 5.74) is 1.47. The van der Waals surface area contributed by atoms with E-state index in [0.717, 1.165) is 19.0 Å². The molecule has 0 N–H and O–H groups in total. The van der Waals surface area contributed by atoms with Crippen LogP contribution >= 0.6 is 0 Å². The molecule has 1 aromatic carbocycles. The van der Waals surface area contributed by atoms with Crippen molar-refractivity contribution in [3.05, 3.63) is 35.9 Å². The van der Waals surface area contributed by atoms with Crippen molar-refractivity contribution in [2.75, 3.05) is 13.1 Å². The standard InChI is InChI=1S/C11H14BN/c12-13-8-6-11(7-9-13)10-4-2-1-3-5-10/h1-5,11H,6-9H2. The zero-order chi connectivity index (χ0) is 9.10. The topological polar surface area (TPSA) is 3.24 Å². The maximum absolute atomic E-state index is 5.71. The number of nitrogens with zero attached hydrogens (tertiary/aromatic N) is 1. The molecule has 1 aromatic rings. The molecule has 0 aromatic heterocycles. The van der Waals surface area contributed by atoms with Gasteiger partial charge in [0.1, 0.15) is 0 Å². The van der Waals surface area contributed by atoms with Gasteiger partial charge in [-0.2, -0.15) is 0 Å². The summed E-state index contributed by atoms with van der Waals surface area (Å²) in [7, 11) is 5.71. The monoisotopic (exact) mass is 171 g/mol. The number of piperidine rings is 1. The lowest BCUT2D eigenvalue weighted by Crippen LogP contribution is -2.30. The van der Waals surface area contributed by atoms with Gasteiger partial charge in [-0.15, -0.1) is 0 Å². The van der Waals surface area contributed by atoms with Gasteiger partial charge in [0.15, 0.2) is 7.98 Å². The first-order valence-corrected chi connectivity index (χ1v) is 4.91. The number of rotatable bonds is 1. The fraction of sp³-hybridized carbons (Fsp3) is 0.455. The lowest BCUT2D eigenvalue weighted by atomic mass is 9.88. The fourth-order valence-corrected chi connectivity index (χ4v) is 1.96. The molecule has 2 heteroatoms. The molecule has 1 heterocycles. The highest BCUT2D eigenvalue weighted by molar-refractivity contribution is 6.04. The summed E-state index contributed by atoms with van der Waals surface area (Å²) in [6.45, 7) is 2.05. The quantitative estimate of drug-likeness (QED) is 0.583. The summed E-state index contributed by atoms with van der Waals surface area (Å²) in [5.74, 6) is 0.723. The van der Waals surface area contributed by atoms with Gasteiger partial charge in [-0.1, -0.05) is 30.3 Å². The lowest BCUT2D eigenvalue weighted by molar-refractivity contribution is 0.335. The van der Waals surface area contributed by atoms with Crippen molar-refractivity contribution in [2.24, 2.45) is 0 Å². The molecule has 0 bridgehead atoms. The van der Waals surface area contributed by atoms with E-state index < -0.39 is 0 Å². The maximum Gasteiger partial charge on any atom is 0.182 e. The second-order valence-electron chi connectivity index (χ2n) is 3.72. The van der Waals surface area contributed by atoms with Gasteiger partial charge in [0.2, 0.25) is 0 Å². The summed E-state index contributed by atoms with van der Waals surface area (Å²) < 4.78 is 0. The summed E-state index contributed by atoms with van der Waals surface area (Å²) in [6.07, 6.45) is 2.39. The molecule has 1 aliphatic heterocycles. The van der Waals surface area contributed by atoms with Crippen LogP contribution in [-0.2, 0) is 0 Å². The van der Waals surface area contributed by atoms with Gasteiger partial charge in [0.25, 0.3) is 0 Å². The molecule has 0 atom stereocenters. The molecular formula is C11H14BN. The van der Waals surface area contributed by atoms with Crippen LogP contribution in [0.25, 0.3) is 0 Å². The maximum atomic E-state index is 5.71. The largest absolute Gasteiger partial charge is 0.353 e. The normalized spacial score (nSPS) is 20.3. The highest BCUT2D eigenvalue weighted by Gasteiger charge is 2.17. The summed E-state index contributed by atoms with van der Waals surface area (Å²) in [5, 5.41) is 0. The smallest absolute Gasteiger partial charge is 0.182 e. The van der Waals surface area contributed by atoms with Crippen molar-refractivity contribution in [1.82, 2.24) is 4.81 Å². The lowest BCUT2D eigenvalue weighted by Gasteiger charge is -2.29. The Morgan fingerprint density at radius 3 is 2.31 bits per heavy atom. The van der Waals surface area contributed by atoms with Gasteiger partial charge in [-0.3, -0.25) is 0 Å². The Kier molecular flexibility index (Phi) is 2.69. The van der Waals surface area contributed by atoms with Crippen LogP contribution in [0.4, 0.5) is 0 Å². The third kappa shape index (κ3) is 2.13. The van der Waals surface area contributed by atoms with E-state index in [9.17, 15) is 0 Å². The second-order valence-corrected chi connectivity index (χ2v) is 3.72. The van der Waals surface area contributed by atoms with Crippen LogP contribution in [0.5, 0.6) is 0 Å². The number of hydrogen-bond donors (Lipinski definition) is 0. The van der Waals surface area contributed by atoms with E-state index in [1.165, 1.54) is 18.4 Å². The molecule has 13 heavy (non-hydrogen) atoms. The predicted octanol–water partition coefficient (Wildman–Crippen LogP) is 1.95. The first-order chi connectivity index (χ1) is 6.36. The fourth-order valence-electron chi connectivity index (χ4n) is 1.96. The Labute approximate surface area is 81.2 Å². The van der Waals surface area contributed by atoms with Gasteiger partial charge in [0, 0.05) is 0 Å². The Morgan fingerprint density at radius 1 is 1.08 bits per heavy atom. The van der Waals surface area contributed by atoms with Crippen molar-refractivity contribution in [3.8, 4) is 0 Å². The van der Waals surface area contributed by atoms with Crippen molar-refractivity contribution < 1.29 is 0 Å². The van der Waals surface area contributed by atoms with Gasteiger partial charge in [-0.25, -0.2) is 0 Å². The van der Waals surface area contributed by atoms with E-state index in [1.54, 1.807) is 0 Å². The van der Waals surface area contributed by atoms with Crippen LogP contribution in [0, 0.1) is 0 Å². The zero-order valence-electron chi connectivity index (χ0n) is 7.82. The highest BCUT2D eigenvalue weighted by Crippen LogP contribution is 2.26. The molecule has 2 rings (SSSR count). The average Bonchev–Trinajstić information content (AvgIpc) is 2.20. The summed E-state index contributed by atoms with van der Waals surface area (Å²) in [6, 6.07) is 10.7. The molecule has 0 saturated carbocycles. The van der Waals surface area contributed by atoms with Crippen LogP contribution in [-0.4, -0.2) is 25.9 Å². The molecule has 0 spiro atoms. The highest BCUT2D eigenvalue weighted by atomic mass is 15.0. The Morgan fingerprint density at radius 2 is 1.69 bits per heavy atom. The minimum Gasteiger partial charge on any atom is -0.353 e.